The summed E-state index contributed by atoms with van der Waals surface area (Å²) < 4.78 is 5.42. The quantitative estimate of drug-likeness (QED) is 0.397. The van der Waals surface area contributed by atoms with Gasteiger partial charge in [0, 0.05) is 17.7 Å². The van der Waals surface area contributed by atoms with E-state index in [2.05, 4.69) is 57.3 Å². The minimum atomic E-state index is -0.0561. The van der Waals surface area contributed by atoms with Gasteiger partial charge in [-0.15, -0.1) is 11.8 Å². The zero-order valence-corrected chi connectivity index (χ0v) is 21.7. The first-order chi connectivity index (χ1) is 16.8. The first-order valence-electron chi connectivity index (χ1n) is 11.8. The molecule has 0 radical (unpaired) electrons. The van der Waals surface area contributed by atoms with Crippen molar-refractivity contribution in [1.29, 1.82) is 0 Å². The van der Waals surface area contributed by atoms with Gasteiger partial charge in [-0.3, -0.25) is 9.79 Å². The van der Waals surface area contributed by atoms with Gasteiger partial charge in [0.1, 0.15) is 5.75 Å². The number of methoxy groups -OCH3 is 1. The summed E-state index contributed by atoms with van der Waals surface area (Å²) >= 11 is 1.45. The van der Waals surface area contributed by atoms with E-state index in [1.54, 1.807) is 7.11 Å². The summed E-state index contributed by atoms with van der Waals surface area (Å²) in [5, 5.41) is 3.86. The van der Waals surface area contributed by atoms with Crippen LogP contribution in [0.3, 0.4) is 0 Å². The lowest BCUT2D eigenvalue weighted by molar-refractivity contribution is -0.113. The Morgan fingerprint density at radius 2 is 1.69 bits per heavy atom. The third-order valence-corrected chi connectivity index (χ3v) is 7.02. The van der Waals surface area contributed by atoms with Crippen molar-refractivity contribution in [2.75, 3.05) is 18.2 Å². The predicted octanol–water partition coefficient (Wildman–Crippen LogP) is 7.36. The number of anilines is 1. The van der Waals surface area contributed by atoms with Gasteiger partial charge in [-0.2, -0.15) is 0 Å². The molecule has 0 fully saturated rings. The maximum absolute atomic E-state index is 12.7. The SMILES string of the molecule is COc1cccc(C2=Nc3cc(C)c(C)cc3N=C(SCC(=O)Nc3ccc(C(C)C)cc3)C2)c1. The molecule has 6 heteroatoms. The highest BCUT2D eigenvalue weighted by atomic mass is 32.2. The summed E-state index contributed by atoms with van der Waals surface area (Å²) in [7, 11) is 1.66. The molecule has 5 nitrogen and oxygen atoms in total. The normalized spacial score (nSPS) is 13.0. The molecule has 1 aliphatic rings. The number of amides is 1. The molecule has 0 aromatic heterocycles. The molecular weight excluding hydrogens is 454 g/mol. The summed E-state index contributed by atoms with van der Waals surface area (Å²) in [5.41, 5.74) is 7.96. The number of fused-ring (bicyclic) bond motifs is 1. The van der Waals surface area contributed by atoms with Crippen LogP contribution >= 0.6 is 11.8 Å². The van der Waals surface area contributed by atoms with E-state index in [-0.39, 0.29) is 11.7 Å². The van der Waals surface area contributed by atoms with Crippen molar-refractivity contribution in [3.8, 4) is 5.75 Å². The van der Waals surface area contributed by atoms with Crippen molar-refractivity contribution < 1.29 is 9.53 Å². The van der Waals surface area contributed by atoms with Crippen LogP contribution in [-0.2, 0) is 4.79 Å². The third kappa shape index (κ3) is 6.20. The third-order valence-electron chi connectivity index (χ3n) is 6.04. The number of thioether (sulfide) groups is 1. The van der Waals surface area contributed by atoms with Crippen LogP contribution in [0.4, 0.5) is 17.1 Å². The largest absolute Gasteiger partial charge is 0.497 e. The van der Waals surface area contributed by atoms with Gasteiger partial charge < -0.3 is 10.1 Å². The van der Waals surface area contributed by atoms with Crippen LogP contribution in [0.25, 0.3) is 0 Å². The Labute approximate surface area is 211 Å². The van der Waals surface area contributed by atoms with E-state index in [0.717, 1.165) is 39.1 Å². The Balaban J connectivity index is 1.55. The Morgan fingerprint density at radius 1 is 1.00 bits per heavy atom. The molecule has 3 aromatic rings. The van der Waals surface area contributed by atoms with Gasteiger partial charge in [-0.25, -0.2) is 4.99 Å². The van der Waals surface area contributed by atoms with Crippen molar-refractivity contribution in [2.45, 2.75) is 40.0 Å². The number of rotatable bonds is 6. The number of carbonyl (C=O) groups is 1. The molecule has 0 bridgehead atoms. The lowest BCUT2D eigenvalue weighted by Crippen LogP contribution is -2.16. The minimum Gasteiger partial charge on any atom is -0.497 e. The zero-order chi connectivity index (χ0) is 24.9. The number of nitrogens with one attached hydrogen (secondary N) is 1. The smallest absolute Gasteiger partial charge is 0.234 e. The molecule has 0 unspecified atom stereocenters. The molecule has 1 N–H and O–H groups in total. The number of ether oxygens (including phenoxy) is 1. The van der Waals surface area contributed by atoms with Crippen LogP contribution in [0.1, 0.15) is 48.4 Å². The number of aliphatic imine (C=N–C) groups is 2. The number of aryl methyl sites for hydroxylation is 2. The average molecular weight is 486 g/mol. The fourth-order valence-corrected chi connectivity index (χ4v) is 4.59. The molecule has 0 spiro atoms. The van der Waals surface area contributed by atoms with Crippen molar-refractivity contribution in [2.24, 2.45) is 9.98 Å². The molecule has 35 heavy (non-hydrogen) atoms. The molecular formula is C29H31N3O2S. The topological polar surface area (TPSA) is 63.1 Å². The van der Waals surface area contributed by atoms with Gasteiger partial charge in [-0.1, -0.05) is 38.1 Å². The molecule has 0 aliphatic carbocycles. The number of hydrogen-bond acceptors (Lipinski definition) is 5. The molecule has 180 valence electrons. The second-order valence-corrected chi connectivity index (χ2v) is 10.1. The maximum atomic E-state index is 12.7. The Hall–Kier alpha value is -3.38. The lowest BCUT2D eigenvalue weighted by atomic mass is 10.0. The lowest BCUT2D eigenvalue weighted by Gasteiger charge is -2.10. The second kappa shape index (κ2) is 10.9. The highest BCUT2D eigenvalue weighted by molar-refractivity contribution is 8.14. The summed E-state index contributed by atoms with van der Waals surface area (Å²) in [5.74, 6) is 1.46. The Bertz CT molecular complexity index is 1290. The first-order valence-corrected chi connectivity index (χ1v) is 12.7. The van der Waals surface area contributed by atoms with Crippen molar-refractivity contribution >= 4 is 45.5 Å². The van der Waals surface area contributed by atoms with E-state index in [1.165, 1.54) is 28.5 Å². The fourth-order valence-electron chi connectivity index (χ4n) is 3.82. The number of hydrogen-bond donors (Lipinski definition) is 1. The molecule has 1 aliphatic heterocycles. The Kier molecular flexibility index (Phi) is 7.71. The van der Waals surface area contributed by atoms with E-state index in [4.69, 9.17) is 14.7 Å². The zero-order valence-electron chi connectivity index (χ0n) is 20.9. The standard InChI is InChI=1S/C29H31N3O2S/c1-18(2)21-9-11-23(12-10-21)30-28(33)17-35-29-16-25(22-7-6-8-24(15-22)34-5)31-26-13-19(3)20(4)14-27(26)32-29/h6-15,18H,16-17H2,1-5H3,(H,30,33). The molecule has 0 saturated heterocycles. The molecule has 4 rings (SSSR count). The van der Waals surface area contributed by atoms with E-state index in [1.807, 2.05) is 36.4 Å². The average Bonchev–Trinajstić information content (AvgIpc) is 3.02. The number of nitrogens with zero attached hydrogens (tertiary/aromatic N) is 2. The second-order valence-electron chi connectivity index (χ2n) is 9.01. The van der Waals surface area contributed by atoms with E-state index < -0.39 is 0 Å². The highest BCUT2D eigenvalue weighted by Gasteiger charge is 2.18. The molecule has 1 heterocycles. The number of carbonyl (C=O) groups excluding carboxylic acids is 1. The van der Waals surface area contributed by atoms with E-state index in [0.29, 0.717) is 12.3 Å². The molecule has 1 amide bonds. The van der Waals surface area contributed by atoms with E-state index >= 15 is 0 Å². The van der Waals surface area contributed by atoms with Crippen LogP contribution in [0, 0.1) is 13.8 Å². The van der Waals surface area contributed by atoms with Crippen LogP contribution in [0.2, 0.25) is 0 Å². The van der Waals surface area contributed by atoms with Crippen LogP contribution in [-0.4, -0.2) is 29.5 Å². The van der Waals surface area contributed by atoms with Crippen molar-refractivity contribution in [3.63, 3.8) is 0 Å². The van der Waals surface area contributed by atoms with Gasteiger partial charge in [-0.05, 0) is 72.9 Å². The summed E-state index contributed by atoms with van der Waals surface area (Å²) in [6, 6.07) is 20.1. The van der Waals surface area contributed by atoms with Gasteiger partial charge in [0.15, 0.2) is 0 Å². The van der Waals surface area contributed by atoms with Gasteiger partial charge in [0.05, 0.1) is 35.0 Å². The van der Waals surface area contributed by atoms with Crippen LogP contribution < -0.4 is 10.1 Å². The first kappa shape index (κ1) is 24.7. The fraction of sp³-hybridized carbons (Fsp3) is 0.276. The van der Waals surface area contributed by atoms with Crippen LogP contribution in [0.15, 0.2) is 70.6 Å². The summed E-state index contributed by atoms with van der Waals surface area (Å²) in [4.78, 5) is 22.6. The number of benzene rings is 3. The Morgan fingerprint density at radius 3 is 2.34 bits per heavy atom. The van der Waals surface area contributed by atoms with Crippen molar-refractivity contribution in [3.05, 3.63) is 82.9 Å². The molecule has 0 atom stereocenters. The highest BCUT2D eigenvalue weighted by Crippen LogP contribution is 2.36. The predicted molar refractivity (Wildman–Crippen MR) is 148 cm³/mol. The van der Waals surface area contributed by atoms with Gasteiger partial charge in [0.2, 0.25) is 5.91 Å². The van der Waals surface area contributed by atoms with Gasteiger partial charge in [0.25, 0.3) is 0 Å². The maximum Gasteiger partial charge on any atom is 0.234 e. The molecule has 0 saturated carbocycles. The van der Waals surface area contributed by atoms with E-state index in [9.17, 15) is 4.79 Å². The van der Waals surface area contributed by atoms with Gasteiger partial charge >= 0.3 is 0 Å². The summed E-state index contributed by atoms with van der Waals surface area (Å²) in [6.07, 6.45) is 0.543. The minimum absolute atomic E-state index is 0.0561. The van der Waals surface area contributed by atoms with Crippen LogP contribution in [0.5, 0.6) is 5.75 Å². The molecule has 3 aromatic carbocycles. The summed E-state index contributed by atoms with van der Waals surface area (Å²) in [6.45, 7) is 8.47. The monoisotopic (exact) mass is 485 g/mol. The van der Waals surface area contributed by atoms with Crippen molar-refractivity contribution in [1.82, 2.24) is 0 Å².